The van der Waals surface area contributed by atoms with Crippen molar-refractivity contribution in [3.63, 3.8) is 0 Å². The Balaban J connectivity index is 0.00000324. The van der Waals surface area contributed by atoms with Gasteiger partial charge in [-0.3, -0.25) is 0 Å². The molecule has 1 saturated carbocycles. The average molecular weight is 466 g/mol. The Labute approximate surface area is 203 Å². The Morgan fingerprint density at radius 3 is 2.41 bits per heavy atom. The molecule has 0 aliphatic heterocycles. The summed E-state index contributed by atoms with van der Waals surface area (Å²) in [4.78, 5) is 11.6. The van der Waals surface area contributed by atoms with Crippen LogP contribution in [-0.4, -0.2) is 49.9 Å². The van der Waals surface area contributed by atoms with Gasteiger partial charge in [-0.15, -0.1) is 0 Å². The molecule has 1 heterocycles. The predicted octanol–water partition coefficient (Wildman–Crippen LogP) is 5.25. The average Bonchev–Trinajstić information content (AvgIpc) is 2.83. The van der Waals surface area contributed by atoms with E-state index in [1.165, 1.54) is 5.56 Å². The van der Waals surface area contributed by atoms with Gasteiger partial charge in [0.2, 0.25) is 5.95 Å². The minimum Gasteiger partial charge on any atom is -0.493 e. The van der Waals surface area contributed by atoms with Crippen LogP contribution in [0.3, 0.4) is 0 Å². The van der Waals surface area contributed by atoms with Crippen LogP contribution in [0, 0.1) is 0 Å². The number of nitrogens with one attached hydrogen (secondary N) is 2. The molecule has 2 N–H and O–H groups in total. The third-order valence-electron chi connectivity index (χ3n) is 6.19. The van der Waals surface area contributed by atoms with Gasteiger partial charge in [0.1, 0.15) is 5.82 Å². The van der Waals surface area contributed by atoms with Crippen LogP contribution in [0.5, 0.6) is 11.5 Å². The number of aromatic nitrogens is 2. The molecule has 0 radical (unpaired) electrons. The van der Waals surface area contributed by atoms with Crippen molar-refractivity contribution in [3.8, 4) is 11.5 Å². The number of anilines is 2. The van der Waals surface area contributed by atoms with Gasteiger partial charge in [0.25, 0.3) is 0 Å². The second kappa shape index (κ2) is 11.9. The minimum absolute atomic E-state index is 0. The summed E-state index contributed by atoms with van der Waals surface area (Å²) in [7, 11) is 5.72. The molecule has 0 unspecified atom stereocenters. The van der Waals surface area contributed by atoms with Gasteiger partial charge in [-0.2, -0.15) is 4.98 Å². The van der Waals surface area contributed by atoms with Crippen LogP contribution in [0.2, 0.25) is 0 Å². The highest BCUT2D eigenvalue weighted by molar-refractivity contribution is 5.90. The Kier molecular flexibility index (Phi) is 8.93. The lowest BCUT2D eigenvalue weighted by Gasteiger charge is -2.30. The summed E-state index contributed by atoms with van der Waals surface area (Å²) >= 11 is 0. The molecule has 2 aromatic carbocycles. The molecule has 0 bridgehead atoms. The monoisotopic (exact) mass is 465 g/mol. The van der Waals surface area contributed by atoms with E-state index in [2.05, 4.69) is 28.8 Å². The summed E-state index contributed by atoms with van der Waals surface area (Å²) in [5.41, 5.74) is 2.18. The third-order valence-corrected chi connectivity index (χ3v) is 6.19. The standard InChI is InChI=1S/C26H35N5O2.CH4/c1-5-33-24-16-18(10-15-23(24)32-4)17-27-19-11-13-20(14-12-19)28-26-29-22-9-7-6-8-21(22)25(30-26)31(2)3;/h6-10,15-16,19-20,27H,5,11-14,17H2,1-4H3,(H,28,29,30);1H4. The van der Waals surface area contributed by atoms with Crippen molar-refractivity contribution in [3.05, 3.63) is 48.0 Å². The van der Waals surface area contributed by atoms with Crippen LogP contribution >= 0.6 is 0 Å². The highest BCUT2D eigenvalue weighted by Gasteiger charge is 2.22. The maximum Gasteiger partial charge on any atom is 0.225 e. The zero-order valence-electron chi connectivity index (χ0n) is 20.1. The normalized spacial score (nSPS) is 17.6. The van der Waals surface area contributed by atoms with E-state index in [1.807, 2.05) is 50.2 Å². The van der Waals surface area contributed by atoms with E-state index in [0.29, 0.717) is 18.7 Å². The first-order valence-electron chi connectivity index (χ1n) is 11.8. The fraction of sp³-hybridized carbons (Fsp3) is 0.481. The molecular weight excluding hydrogens is 426 g/mol. The highest BCUT2D eigenvalue weighted by Crippen LogP contribution is 2.29. The second-order valence-corrected chi connectivity index (χ2v) is 8.77. The van der Waals surface area contributed by atoms with Crippen molar-refractivity contribution in [2.24, 2.45) is 0 Å². The number of para-hydroxylation sites is 1. The summed E-state index contributed by atoms with van der Waals surface area (Å²) in [6, 6.07) is 15.2. The Hall–Kier alpha value is -3.06. The van der Waals surface area contributed by atoms with E-state index in [-0.39, 0.29) is 7.43 Å². The second-order valence-electron chi connectivity index (χ2n) is 8.77. The van der Waals surface area contributed by atoms with Crippen LogP contribution in [-0.2, 0) is 6.54 Å². The molecule has 34 heavy (non-hydrogen) atoms. The van der Waals surface area contributed by atoms with Crippen LogP contribution in [0.25, 0.3) is 10.9 Å². The molecule has 184 valence electrons. The molecular formula is C27H39N5O2. The summed E-state index contributed by atoms with van der Waals surface area (Å²) in [5.74, 6) is 3.25. The lowest BCUT2D eigenvalue weighted by Crippen LogP contribution is -2.37. The highest BCUT2D eigenvalue weighted by atomic mass is 16.5. The maximum atomic E-state index is 5.70. The number of methoxy groups -OCH3 is 1. The van der Waals surface area contributed by atoms with E-state index in [1.54, 1.807) is 7.11 Å². The summed E-state index contributed by atoms with van der Waals surface area (Å²) in [5, 5.41) is 8.38. The molecule has 0 spiro atoms. The molecule has 0 amide bonds. The first-order chi connectivity index (χ1) is 16.1. The van der Waals surface area contributed by atoms with Gasteiger partial charge in [-0.1, -0.05) is 25.6 Å². The fourth-order valence-electron chi connectivity index (χ4n) is 4.45. The lowest BCUT2D eigenvalue weighted by atomic mass is 9.91. The van der Waals surface area contributed by atoms with E-state index in [0.717, 1.165) is 66.4 Å². The van der Waals surface area contributed by atoms with Crippen LogP contribution in [0.4, 0.5) is 11.8 Å². The number of benzene rings is 2. The minimum atomic E-state index is 0. The molecule has 7 heteroatoms. The fourth-order valence-corrected chi connectivity index (χ4v) is 4.45. The molecule has 7 nitrogen and oxygen atoms in total. The third kappa shape index (κ3) is 6.08. The van der Waals surface area contributed by atoms with Gasteiger partial charge in [-0.25, -0.2) is 4.98 Å². The molecule has 1 aliphatic carbocycles. The Bertz CT molecular complexity index is 1060. The van der Waals surface area contributed by atoms with E-state index in [4.69, 9.17) is 19.4 Å². The lowest BCUT2D eigenvalue weighted by molar-refractivity contribution is 0.310. The zero-order valence-corrected chi connectivity index (χ0v) is 20.1. The first-order valence-corrected chi connectivity index (χ1v) is 11.8. The van der Waals surface area contributed by atoms with Gasteiger partial charge in [0.05, 0.1) is 19.2 Å². The van der Waals surface area contributed by atoms with Crippen LogP contribution in [0.1, 0.15) is 45.6 Å². The SMILES string of the molecule is C.CCOc1cc(CNC2CCC(Nc3nc(N(C)C)c4ccccc4n3)CC2)ccc1OC. The van der Waals surface area contributed by atoms with Crippen molar-refractivity contribution in [2.75, 3.05) is 38.0 Å². The molecule has 1 fully saturated rings. The topological polar surface area (TPSA) is 71.5 Å². The van der Waals surface area contributed by atoms with E-state index in [9.17, 15) is 0 Å². The van der Waals surface area contributed by atoms with Crippen molar-refractivity contribution >= 4 is 22.7 Å². The number of ether oxygens (including phenoxy) is 2. The van der Waals surface area contributed by atoms with Crippen molar-refractivity contribution < 1.29 is 9.47 Å². The van der Waals surface area contributed by atoms with E-state index < -0.39 is 0 Å². The Morgan fingerprint density at radius 2 is 1.71 bits per heavy atom. The summed E-state index contributed by atoms with van der Waals surface area (Å²) in [6.07, 6.45) is 4.44. The van der Waals surface area contributed by atoms with Gasteiger partial charge in [0, 0.05) is 38.1 Å². The molecule has 0 saturated heterocycles. The predicted molar refractivity (Wildman–Crippen MR) is 141 cm³/mol. The van der Waals surface area contributed by atoms with Gasteiger partial charge in [0.15, 0.2) is 11.5 Å². The summed E-state index contributed by atoms with van der Waals surface area (Å²) in [6.45, 7) is 3.44. The molecule has 0 atom stereocenters. The van der Waals surface area contributed by atoms with Gasteiger partial charge < -0.3 is 25.0 Å². The van der Waals surface area contributed by atoms with Gasteiger partial charge in [-0.05, 0) is 62.4 Å². The van der Waals surface area contributed by atoms with Crippen molar-refractivity contribution in [1.82, 2.24) is 15.3 Å². The molecule has 3 aromatic rings. The zero-order chi connectivity index (χ0) is 23.2. The number of rotatable bonds is 9. The molecule has 1 aliphatic rings. The Morgan fingerprint density at radius 1 is 0.971 bits per heavy atom. The van der Waals surface area contributed by atoms with Crippen LogP contribution < -0.4 is 25.0 Å². The molecule has 1 aromatic heterocycles. The first kappa shape index (κ1) is 25.6. The van der Waals surface area contributed by atoms with Gasteiger partial charge >= 0.3 is 0 Å². The number of nitrogens with zero attached hydrogens (tertiary/aromatic N) is 3. The quantitative estimate of drug-likeness (QED) is 0.447. The smallest absolute Gasteiger partial charge is 0.225 e. The van der Waals surface area contributed by atoms with Crippen molar-refractivity contribution in [1.29, 1.82) is 0 Å². The number of hydrogen-bond acceptors (Lipinski definition) is 7. The van der Waals surface area contributed by atoms with Crippen LogP contribution in [0.15, 0.2) is 42.5 Å². The van der Waals surface area contributed by atoms with E-state index >= 15 is 0 Å². The number of fused-ring (bicyclic) bond motifs is 1. The van der Waals surface area contributed by atoms with Crippen molar-refractivity contribution in [2.45, 2.75) is 58.7 Å². The maximum absolute atomic E-state index is 5.70. The molecule has 4 rings (SSSR count). The largest absolute Gasteiger partial charge is 0.493 e. The number of hydrogen-bond donors (Lipinski definition) is 2. The summed E-state index contributed by atoms with van der Waals surface area (Å²) < 4.78 is 11.1.